The smallest absolute Gasteiger partial charge is 0.153 e. The Morgan fingerprint density at radius 3 is 2.50 bits per heavy atom. The Labute approximate surface area is 94.8 Å². The Bertz CT molecular complexity index is 384. The lowest BCUT2D eigenvalue weighted by atomic mass is 9.97. The van der Waals surface area contributed by atoms with Crippen molar-refractivity contribution in [1.29, 1.82) is 0 Å². The van der Waals surface area contributed by atoms with Crippen LogP contribution in [0.3, 0.4) is 0 Å². The van der Waals surface area contributed by atoms with Crippen molar-refractivity contribution >= 4 is 6.29 Å². The van der Waals surface area contributed by atoms with Gasteiger partial charge in [0.15, 0.2) is 6.29 Å². The van der Waals surface area contributed by atoms with E-state index in [0.717, 1.165) is 49.4 Å². The van der Waals surface area contributed by atoms with E-state index in [9.17, 15) is 4.79 Å². The van der Waals surface area contributed by atoms with E-state index in [1.807, 2.05) is 6.07 Å². The largest absolute Gasteiger partial charge is 0.465 e. The van der Waals surface area contributed by atoms with Crippen LogP contribution in [-0.2, 0) is 4.74 Å². The van der Waals surface area contributed by atoms with Crippen LogP contribution in [0.4, 0.5) is 0 Å². The molecular formula is C13H16O3. The van der Waals surface area contributed by atoms with Crippen LogP contribution in [0.25, 0.3) is 0 Å². The average molecular weight is 220 g/mol. The molecule has 16 heavy (non-hydrogen) atoms. The minimum absolute atomic E-state index is 0.444. The molecule has 2 aliphatic rings. The second-order valence-corrected chi connectivity index (χ2v) is 4.75. The molecule has 0 N–H and O–H groups in total. The van der Waals surface area contributed by atoms with E-state index in [1.165, 1.54) is 12.8 Å². The van der Waals surface area contributed by atoms with Gasteiger partial charge in [-0.25, -0.2) is 0 Å². The summed E-state index contributed by atoms with van der Waals surface area (Å²) in [5.74, 6) is 2.87. The van der Waals surface area contributed by atoms with Gasteiger partial charge >= 0.3 is 0 Å². The van der Waals surface area contributed by atoms with E-state index in [-0.39, 0.29) is 0 Å². The third-order valence-corrected chi connectivity index (χ3v) is 3.51. The van der Waals surface area contributed by atoms with Crippen LogP contribution in [0.2, 0.25) is 0 Å². The lowest BCUT2D eigenvalue weighted by Crippen LogP contribution is -2.13. The van der Waals surface area contributed by atoms with Crippen molar-refractivity contribution in [2.24, 2.45) is 0 Å². The van der Waals surface area contributed by atoms with Gasteiger partial charge in [-0.3, -0.25) is 4.79 Å². The topological polar surface area (TPSA) is 39.4 Å². The van der Waals surface area contributed by atoms with Crippen LogP contribution in [0.1, 0.15) is 59.4 Å². The third-order valence-electron chi connectivity index (χ3n) is 3.51. The number of ether oxygens (including phenoxy) is 1. The van der Waals surface area contributed by atoms with E-state index in [0.29, 0.717) is 11.8 Å². The van der Waals surface area contributed by atoms with Crippen molar-refractivity contribution in [1.82, 2.24) is 0 Å². The summed E-state index contributed by atoms with van der Waals surface area (Å²) in [6.07, 6.45) is 5.29. The lowest BCUT2D eigenvalue weighted by Gasteiger charge is -2.19. The Hall–Kier alpha value is -1.09. The Morgan fingerprint density at radius 2 is 1.88 bits per heavy atom. The Kier molecular flexibility index (Phi) is 2.56. The molecule has 0 aromatic carbocycles. The summed E-state index contributed by atoms with van der Waals surface area (Å²) in [5, 5.41) is 0. The van der Waals surface area contributed by atoms with Crippen LogP contribution in [0.5, 0.6) is 0 Å². The molecule has 86 valence electrons. The fraction of sp³-hybridized carbons (Fsp3) is 0.615. The summed E-state index contributed by atoms with van der Waals surface area (Å²) in [7, 11) is 0. The van der Waals surface area contributed by atoms with Crippen molar-refractivity contribution in [2.75, 3.05) is 13.2 Å². The summed E-state index contributed by atoms with van der Waals surface area (Å²) >= 11 is 0. The zero-order chi connectivity index (χ0) is 11.0. The van der Waals surface area contributed by atoms with Gasteiger partial charge in [0.1, 0.15) is 11.5 Å². The molecular weight excluding hydrogens is 204 g/mol. The molecule has 3 nitrogen and oxygen atoms in total. The van der Waals surface area contributed by atoms with Crippen molar-refractivity contribution in [3.63, 3.8) is 0 Å². The van der Waals surface area contributed by atoms with Gasteiger partial charge in [0.2, 0.25) is 0 Å². The zero-order valence-electron chi connectivity index (χ0n) is 9.28. The van der Waals surface area contributed by atoms with Gasteiger partial charge in [0, 0.05) is 25.0 Å². The van der Waals surface area contributed by atoms with Crippen molar-refractivity contribution in [3.8, 4) is 0 Å². The first-order valence-electron chi connectivity index (χ1n) is 6.05. The summed E-state index contributed by atoms with van der Waals surface area (Å²) < 4.78 is 11.2. The van der Waals surface area contributed by atoms with E-state index in [1.54, 1.807) is 0 Å². The van der Waals surface area contributed by atoms with Crippen molar-refractivity contribution < 1.29 is 13.9 Å². The molecule has 3 rings (SSSR count). The molecule has 0 radical (unpaired) electrons. The van der Waals surface area contributed by atoms with Gasteiger partial charge in [-0.05, 0) is 31.7 Å². The Balaban J connectivity index is 1.85. The number of rotatable bonds is 3. The predicted molar refractivity (Wildman–Crippen MR) is 58.9 cm³/mol. The monoisotopic (exact) mass is 220 g/mol. The van der Waals surface area contributed by atoms with Crippen LogP contribution in [0.15, 0.2) is 10.5 Å². The van der Waals surface area contributed by atoms with E-state index < -0.39 is 0 Å². The second kappa shape index (κ2) is 4.06. The molecule has 0 amide bonds. The fourth-order valence-corrected chi connectivity index (χ4v) is 2.38. The van der Waals surface area contributed by atoms with Gasteiger partial charge < -0.3 is 9.15 Å². The standard InChI is InChI=1S/C13H16O3/c14-8-11-7-12(9-3-5-15-6-4-9)16-13(11)10-1-2-10/h7-10H,1-6H2. The van der Waals surface area contributed by atoms with Gasteiger partial charge in [0.05, 0.1) is 5.56 Å². The first kappa shape index (κ1) is 10.1. The summed E-state index contributed by atoms with van der Waals surface area (Å²) in [5.41, 5.74) is 0.768. The molecule has 0 spiro atoms. The quantitative estimate of drug-likeness (QED) is 0.735. The molecule has 0 unspecified atom stereocenters. The molecule has 1 saturated heterocycles. The van der Waals surface area contributed by atoms with Gasteiger partial charge in [-0.1, -0.05) is 0 Å². The van der Waals surface area contributed by atoms with E-state index >= 15 is 0 Å². The highest BCUT2D eigenvalue weighted by Crippen LogP contribution is 2.44. The van der Waals surface area contributed by atoms with Crippen molar-refractivity contribution in [2.45, 2.75) is 37.5 Å². The molecule has 1 aliphatic heterocycles. The molecule has 3 heteroatoms. The van der Waals surface area contributed by atoms with Gasteiger partial charge in [-0.15, -0.1) is 0 Å². The zero-order valence-corrected chi connectivity index (χ0v) is 9.28. The number of hydrogen-bond donors (Lipinski definition) is 0. The number of carbonyl (C=O) groups excluding carboxylic acids is 1. The van der Waals surface area contributed by atoms with Crippen LogP contribution >= 0.6 is 0 Å². The highest BCUT2D eigenvalue weighted by molar-refractivity contribution is 5.77. The molecule has 2 heterocycles. The lowest BCUT2D eigenvalue weighted by molar-refractivity contribution is 0.0804. The molecule has 1 aliphatic carbocycles. The fourth-order valence-electron chi connectivity index (χ4n) is 2.38. The first-order chi connectivity index (χ1) is 7.88. The predicted octanol–water partition coefficient (Wildman–Crippen LogP) is 2.86. The summed E-state index contributed by atoms with van der Waals surface area (Å²) in [6.45, 7) is 1.61. The third kappa shape index (κ3) is 1.80. The van der Waals surface area contributed by atoms with Crippen LogP contribution in [-0.4, -0.2) is 19.5 Å². The molecule has 2 fully saturated rings. The Morgan fingerprint density at radius 1 is 1.12 bits per heavy atom. The minimum atomic E-state index is 0.444. The molecule has 0 atom stereocenters. The van der Waals surface area contributed by atoms with Crippen LogP contribution < -0.4 is 0 Å². The molecule has 1 saturated carbocycles. The minimum Gasteiger partial charge on any atom is -0.465 e. The highest BCUT2D eigenvalue weighted by Gasteiger charge is 2.31. The number of furan rings is 1. The number of hydrogen-bond acceptors (Lipinski definition) is 3. The van der Waals surface area contributed by atoms with Crippen molar-refractivity contribution in [3.05, 3.63) is 23.2 Å². The van der Waals surface area contributed by atoms with Gasteiger partial charge in [0.25, 0.3) is 0 Å². The van der Waals surface area contributed by atoms with Crippen LogP contribution in [0, 0.1) is 0 Å². The second-order valence-electron chi connectivity index (χ2n) is 4.75. The summed E-state index contributed by atoms with van der Waals surface area (Å²) in [6, 6.07) is 1.94. The maximum absolute atomic E-state index is 11.0. The van der Waals surface area contributed by atoms with Gasteiger partial charge in [-0.2, -0.15) is 0 Å². The molecule has 1 aromatic rings. The van der Waals surface area contributed by atoms with E-state index in [2.05, 4.69) is 0 Å². The molecule has 1 aromatic heterocycles. The average Bonchev–Trinajstić information content (AvgIpc) is 3.10. The first-order valence-corrected chi connectivity index (χ1v) is 6.05. The normalized spacial score (nSPS) is 22.2. The highest BCUT2D eigenvalue weighted by atomic mass is 16.5. The summed E-state index contributed by atoms with van der Waals surface area (Å²) in [4.78, 5) is 11.0. The maximum Gasteiger partial charge on any atom is 0.153 e. The molecule has 0 bridgehead atoms. The SMILES string of the molecule is O=Cc1cc(C2CCOCC2)oc1C1CC1. The number of aldehydes is 1. The maximum atomic E-state index is 11.0. The number of carbonyl (C=O) groups is 1. The van der Waals surface area contributed by atoms with E-state index in [4.69, 9.17) is 9.15 Å².